The smallest absolute Gasteiger partial charge is 0.152 e. The molecule has 3 nitrogen and oxygen atoms in total. The van der Waals surface area contributed by atoms with Gasteiger partial charge in [-0.15, -0.1) is 0 Å². The number of rotatable bonds is 7. The van der Waals surface area contributed by atoms with Crippen LogP contribution in [-0.2, 0) is 16.1 Å². The van der Waals surface area contributed by atoms with E-state index in [1.165, 1.54) is 0 Å². The Labute approximate surface area is 109 Å². The third-order valence-corrected chi connectivity index (χ3v) is 2.84. The highest BCUT2D eigenvalue weighted by molar-refractivity contribution is 5.84. The summed E-state index contributed by atoms with van der Waals surface area (Å²) in [5.74, 6) is 0.412. The molecule has 2 atom stereocenters. The van der Waals surface area contributed by atoms with Gasteiger partial charge < -0.3 is 10.5 Å². The summed E-state index contributed by atoms with van der Waals surface area (Å²) >= 11 is 0. The van der Waals surface area contributed by atoms with E-state index in [0.29, 0.717) is 18.9 Å². The van der Waals surface area contributed by atoms with E-state index in [1.807, 2.05) is 51.1 Å². The first kappa shape index (κ1) is 14.9. The number of benzene rings is 1. The topological polar surface area (TPSA) is 52.3 Å². The van der Waals surface area contributed by atoms with E-state index in [1.54, 1.807) is 0 Å². The van der Waals surface area contributed by atoms with Gasteiger partial charge >= 0.3 is 0 Å². The number of nitrogens with two attached hydrogens (primary N) is 1. The molecule has 18 heavy (non-hydrogen) atoms. The molecular formula is C15H23NO2. The molecular weight excluding hydrogens is 226 g/mol. The lowest BCUT2D eigenvalue weighted by molar-refractivity contribution is -0.124. The number of hydrogen-bond donors (Lipinski definition) is 1. The first-order valence-electron chi connectivity index (χ1n) is 6.44. The molecule has 0 aliphatic heterocycles. The molecule has 0 aliphatic rings. The summed E-state index contributed by atoms with van der Waals surface area (Å²) in [4.78, 5) is 11.8. The normalized spacial score (nSPS) is 14.5. The van der Waals surface area contributed by atoms with Crippen LogP contribution in [-0.4, -0.2) is 17.9 Å². The predicted molar refractivity (Wildman–Crippen MR) is 73.1 cm³/mol. The number of carbonyl (C=O) groups excluding carboxylic acids is 1. The first-order valence-corrected chi connectivity index (χ1v) is 6.44. The van der Waals surface area contributed by atoms with Gasteiger partial charge in [-0.3, -0.25) is 4.79 Å². The lowest BCUT2D eigenvalue weighted by Gasteiger charge is -2.20. The van der Waals surface area contributed by atoms with Crippen molar-refractivity contribution in [3.63, 3.8) is 0 Å². The zero-order valence-corrected chi connectivity index (χ0v) is 11.4. The fourth-order valence-electron chi connectivity index (χ4n) is 1.71. The van der Waals surface area contributed by atoms with E-state index in [2.05, 4.69) is 0 Å². The molecule has 1 aromatic rings. The molecule has 3 heteroatoms. The quantitative estimate of drug-likeness (QED) is 0.808. The molecule has 0 aromatic heterocycles. The van der Waals surface area contributed by atoms with Crippen LogP contribution >= 0.6 is 0 Å². The zero-order valence-electron chi connectivity index (χ0n) is 11.4. The van der Waals surface area contributed by atoms with Crippen molar-refractivity contribution in [3.05, 3.63) is 35.9 Å². The zero-order chi connectivity index (χ0) is 13.5. The number of carbonyl (C=O) groups is 1. The van der Waals surface area contributed by atoms with Crippen LogP contribution in [0, 0.1) is 5.92 Å². The van der Waals surface area contributed by atoms with Crippen molar-refractivity contribution in [2.75, 3.05) is 0 Å². The van der Waals surface area contributed by atoms with Gasteiger partial charge in [0.15, 0.2) is 5.78 Å². The summed E-state index contributed by atoms with van der Waals surface area (Å²) in [5, 5.41) is 0. The second-order valence-electron chi connectivity index (χ2n) is 5.09. The Bertz CT molecular complexity index is 362. The SMILES string of the molecule is CC(C)CC(=O)C(N)C(C)OCc1ccccc1. The van der Waals surface area contributed by atoms with Gasteiger partial charge in [0.2, 0.25) is 0 Å². The van der Waals surface area contributed by atoms with Gasteiger partial charge in [0.25, 0.3) is 0 Å². The van der Waals surface area contributed by atoms with E-state index in [0.717, 1.165) is 5.56 Å². The molecule has 2 unspecified atom stereocenters. The van der Waals surface area contributed by atoms with Gasteiger partial charge in [0.1, 0.15) is 0 Å². The van der Waals surface area contributed by atoms with Crippen LogP contribution in [0.4, 0.5) is 0 Å². The van der Waals surface area contributed by atoms with Crippen LogP contribution < -0.4 is 5.73 Å². The summed E-state index contributed by atoms with van der Waals surface area (Å²) < 4.78 is 5.65. The Morgan fingerprint density at radius 2 is 1.83 bits per heavy atom. The van der Waals surface area contributed by atoms with E-state index in [9.17, 15) is 4.79 Å². The average molecular weight is 249 g/mol. The van der Waals surface area contributed by atoms with Crippen LogP contribution in [0.1, 0.15) is 32.8 Å². The van der Waals surface area contributed by atoms with Gasteiger partial charge in [-0.1, -0.05) is 44.2 Å². The molecule has 2 N–H and O–H groups in total. The highest BCUT2D eigenvalue weighted by Gasteiger charge is 2.21. The Hall–Kier alpha value is -1.19. The lowest BCUT2D eigenvalue weighted by atomic mass is 9.99. The maximum Gasteiger partial charge on any atom is 0.152 e. The Morgan fingerprint density at radius 3 is 2.39 bits per heavy atom. The van der Waals surface area contributed by atoms with Crippen LogP contribution in [0.5, 0.6) is 0 Å². The molecule has 1 rings (SSSR count). The number of hydrogen-bond acceptors (Lipinski definition) is 3. The molecule has 0 radical (unpaired) electrons. The molecule has 0 amide bonds. The summed E-state index contributed by atoms with van der Waals surface area (Å²) in [6.07, 6.45) is 0.261. The minimum absolute atomic E-state index is 0.0746. The molecule has 1 aromatic carbocycles. The van der Waals surface area contributed by atoms with Gasteiger partial charge in [-0.05, 0) is 18.4 Å². The van der Waals surface area contributed by atoms with E-state index < -0.39 is 6.04 Å². The Kier molecular flexibility index (Phi) is 6.02. The van der Waals surface area contributed by atoms with Gasteiger partial charge in [0, 0.05) is 6.42 Å². The second-order valence-corrected chi connectivity index (χ2v) is 5.09. The van der Waals surface area contributed by atoms with E-state index >= 15 is 0 Å². The number of ketones is 1. The van der Waals surface area contributed by atoms with Crippen molar-refractivity contribution in [1.29, 1.82) is 0 Å². The molecule has 0 heterocycles. The third-order valence-electron chi connectivity index (χ3n) is 2.84. The molecule has 0 aliphatic carbocycles. The lowest BCUT2D eigenvalue weighted by Crippen LogP contribution is -2.42. The predicted octanol–water partition coefficient (Wildman–Crippen LogP) is 2.53. The number of Topliss-reactive ketones (excluding diaryl/α,β-unsaturated/α-hetero) is 1. The van der Waals surface area contributed by atoms with Crippen molar-refractivity contribution in [2.24, 2.45) is 11.7 Å². The maximum absolute atomic E-state index is 11.8. The molecule has 0 fully saturated rings. The van der Waals surface area contributed by atoms with Gasteiger partial charge in [0.05, 0.1) is 18.8 Å². The van der Waals surface area contributed by atoms with Crippen LogP contribution in [0.3, 0.4) is 0 Å². The Morgan fingerprint density at radius 1 is 1.22 bits per heavy atom. The monoisotopic (exact) mass is 249 g/mol. The molecule has 0 saturated heterocycles. The summed E-state index contributed by atoms with van der Waals surface area (Å²) in [6.45, 7) is 6.37. The molecule has 0 spiro atoms. The van der Waals surface area contributed by atoms with Crippen molar-refractivity contribution in [1.82, 2.24) is 0 Å². The summed E-state index contributed by atoms with van der Waals surface area (Å²) in [5.41, 5.74) is 6.99. The highest BCUT2D eigenvalue weighted by Crippen LogP contribution is 2.09. The van der Waals surface area contributed by atoms with Crippen LogP contribution in [0.15, 0.2) is 30.3 Å². The third kappa shape index (κ3) is 4.98. The summed E-state index contributed by atoms with van der Waals surface area (Å²) in [7, 11) is 0. The van der Waals surface area contributed by atoms with Crippen molar-refractivity contribution in [2.45, 2.75) is 45.9 Å². The Balaban J connectivity index is 2.40. The first-order chi connectivity index (χ1) is 8.50. The van der Waals surface area contributed by atoms with Gasteiger partial charge in [-0.2, -0.15) is 0 Å². The van der Waals surface area contributed by atoms with Crippen LogP contribution in [0.2, 0.25) is 0 Å². The molecule has 0 saturated carbocycles. The van der Waals surface area contributed by atoms with E-state index in [-0.39, 0.29) is 11.9 Å². The minimum Gasteiger partial charge on any atom is -0.372 e. The number of ether oxygens (including phenoxy) is 1. The summed E-state index contributed by atoms with van der Waals surface area (Å²) in [6, 6.07) is 9.35. The maximum atomic E-state index is 11.8. The van der Waals surface area contributed by atoms with Gasteiger partial charge in [-0.25, -0.2) is 0 Å². The fourth-order valence-corrected chi connectivity index (χ4v) is 1.71. The van der Waals surface area contributed by atoms with Crippen molar-refractivity contribution < 1.29 is 9.53 Å². The standard InChI is InChI=1S/C15H23NO2/c1-11(2)9-14(17)15(16)12(3)18-10-13-7-5-4-6-8-13/h4-8,11-12,15H,9-10,16H2,1-3H3. The second kappa shape index (κ2) is 7.29. The largest absolute Gasteiger partial charge is 0.372 e. The van der Waals surface area contributed by atoms with Crippen molar-refractivity contribution >= 4 is 5.78 Å². The average Bonchev–Trinajstić information content (AvgIpc) is 2.35. The van der Waals surface area contributed by atoms with Crippen LogP contribution in [0.25, 0.3) is 0 Å². The molecule has 0 bridgehead atoms. The van der Waals surface area contributed by atoms with E-state index in [4.69, 9.17) is 10.5 Å². The highest BCUT2D eigenvalue weighted by atomic mass is 16.5. The minimum atomic E-state index is -0.531. The van der Waals surface area contributed by atoms with Crippen molar-refractivity contribution in [3.8, 4) is 0 Å². The fraction of sp³-hybridized carbons (Fsp3) is 0.533. The molecule has 100 valence electrons.